The fraction of sp³-hybridized carbons (Fsp3) is 0.367. The Morgan fingerprint density at radius 2 is 1.60 bits per heavy atom. The van der Waals surface area contributed by atoms with Gasteiger partial charge in [-0.3, -0.25) is 4.79 Å². The maximum Gasteiger partial charge on any atom is 0.254 e. The number of hydrogen-bond acceptors (Lipinski definition) is 6. The maximum atomic E-state index is 13.7. The van der Waals surface area contributed by atoms with E-state index in [-0.39, 0.29) is 16.9 Å². The van der Waals surface area contributed by atoms with E-state index in [1.165, 1.54) is 6.07 Å². The van der Waals surface area contributed by atoms with Gasteiger partial charge in [0.1, 0.15) is 6.10 Å². The Morgan fingerprint density at radius 1 is 0.975 bits per heavy atom. The molecule has 1 atom stereocenters. The summed E-state index contributed by atoms with van der Waals surface area (Å²) in [5, 5.41) is 0.895. The summed E-state index contributed by atoms with van der Waals surface area (Å²) < 4.78 is 30.7. The van der Waals surface area contributed by atoms with Crippen LogP contribution in [0.25, 0.3) is 11.1 Å². The summed E-state index contributed by atoms with van der Waals surface area (Å²) in [6, 6.07) is 18.0. The highest BCUT2D eigenvalue weighted by molar-refractivity contribution is 7.90. The molecule has 1 fully saturated rings. The highest BCUT2D eigenvalue weighted by atomic mass is 35.5. The van der Waals surface area contributed by atoms with Gasteiger partial charge in [-0.25, -0.2) is 8.42 Å². The Balaban J connectivity index is 1.52. The molecule has 0 aliphatic carbocycles. The van der Waals surface area contributed by atoms with Gasteiger partial charge in [0, 0.05) is 50.2 Å². The number of piperazine rings is 1. The van der Waals surface area contributed by atoms with E-state index < -0.39 is 9.84 Å². The van der Waals surface area contributed by atoms with E-state index in [0.29, 0.717) is 53.1 Å². The normalized spacial score (nSPS) is 14.9. The molecule has 0 radical (unpaired) electrons. The summed E-state index contributed by atoms with van der Waals surface area (Å²) in [6.07, 6.45) is 1.93. The van der Waals surface area contributed by atoms with Crippen LogP contribution in [0, 0.1) is 0 Å². The van der Waals surface area contributed by atoms with Crippen molar-refractivity contribution >= 4 is 44.6 Å². The third-order valence-corrected chi connectivity index (χ3v) is 8.63. The predicted octanol–water partition coefficient (Wildman–Crippen LogP) is 5.75. The van der Waals surface area contributed by atoms with Gasteiger partial charge in [-0.2, -0.15) is 0 Å². The minimum Gasteiger partial charge on any atom is -0.486 e. The molecular weight excluding hydrogens is 569 g/mol. The molecule has 1 saturated heterocycles. The number of nitrogens with zero attached hydrogens (tertiary/aromatic N) is 3. The topological polar surface area (TPSA) is 70.2 Å². The lowest BCUT2D eigenvalue weighted by Gasteiger charge is -2.36. The van der Waals surface area contributed by atoms with E-state index in [1.54, 1.807) is 17.0 Å². The van der Waals surface area contributed by atoms with Crippen LogP contribution in [0.3, 0.4) is 0 Å². The molecule has 0 spiro atoms. The first kappa shape index (κ1) is 30.2. The minimum atomic E-state index is -3.48. The molecule has 1 aliphatic heterocycles. The zero-order chi connectivity index (χ0) is 29.0. The van der Waals surface area contributed by atoms with E-state index in [4.69, 9.17) is 27.9 Å². The van der Waals surface area contributed by atoms with Crippen molar-refractivity contribution in [3.05, 3.63) is 76.3 Å². The van der Waals surface area contributed by atoms with E-state index in [1.807, 2.05) is 56.6 Å². The second-order valence-electron chi connectivity index (χ2n) is 10.3. The number of halogens is 2. The van der Waals surface area contributed by atoms with Gasteiger partial charge >= 0.3 is 0 Å². The molecule has 0 bridgehead atoms. The predicted molar refractivity (Wildman–Crippen MR) is 163 cm³/mol. The zero-order valence-corrected chi connectivity index (χ0v) is 25.6. The van der Waals surface area contributed by atoms with Gasteiger partial charge in [-0.1, -0.05) is 66.5 Å². The molecule has 1 amide bonds. The SMILES string of the molecule is CCC(CN(C)C)Oc1c(Cl)cc(N2CCN(C(=O)c3cc(S(C)(=O)=O)ccc3-c3ccccc3)CC2)cc1Cl. The lowest BCUT2D eigenvalue weighted by atomic mass is 9.98. The van der Waals surface area contributed by atoms with Crippen molar-refractivity contribution in [3.8, 4) is 16.9 Å². The smallest absolute Gasteiger partial charge is 0.254 e. The second-order valence-corrected chi connectivity index (χ2v) is 13.1. The largest absolute Gasteiger partial charge is 0.486 e. The van der Waals surface area contributed by atoms with Crippen LogP contribution in [-0.2, 0) is 9.84 Å². The Morgan fingerprint density at radius 3 is 2.15 bits per heavy atom. The molecule has 40 heavy (non-hydrogen) atoms. The Kier molecular flexibility index (Phi) is 9.67. The lowest BCUT2D eigenvalue weighted by Crippen LogP contribution is -2.49. The summed E-state index contributed by atoms with van der Waals surface area (Å²) in [5.74, 6) is 0.282. The van der Waals surface area contributed by atoms with Crippen LogP contribution < -0.4 is 9.64 Å². The Labute approximate surface area is 247 Å². The molecule has 1 heterocycles. The van der Waals surface area contributed by atoms with Crippen molar-refractivity contribution in [3.63, 3.8) is 0 Å². The van der Waals surface area contributed by atoms with Gasteiger partial charge in [0.05, 0.1) is 14.9 Å². The zero-order valence-electron chi connectivity index (χ0n) is 23.2. The first-order valence-corrected chi connectivity index (χ1v) is 15.9. The molecule has 214 valence electrons. The molecule has 1 aliphatic rings. The van der Waals surface area contributed by atoms with Crippen LogP contribution in [0.4, 0.5) is 5.69 Å². The third-order valence-electron chi connectivity index (χ3n) is 6.96. The third kappa shape index (κ3) is 7.10. The summed E-state index contributed by atoms with van der Waals surface area (Å²) in [4.78, 5) is 19.8. The molecule has 0 N–H and O–H groups in total. The number of ether oxygens (including phenoxy) is 1. The fourth-order valence-electron chi connectivity index (χ4n) is 4.80. The number of amides is 1. The molecular formula is C30H35Cl2N3O4S. The number of anilines is 1. The van der Waals surface area contributed by atoms with Crippen LogP contribution in [0.5, 0.6) is 5.75 Å². The molecule has 3 aromatic carbocycles. The van der Waals surface area contributed by atoms with E-state index in [9.17, 15) is 13.2 Å². The minimum absolute atomic E-state index is 0.0348. The molecule has 0 saturated carbocycles. The number of hydrogen-bond donors (Lipinski definition) is 0. The van der Waals surface area contributed by atoms with Gasteiger partial charge in [0.15, 0.2) is 15.6 Å². The van der Waals surface area contributed by atoms with E-state index in [0.717, 1.165) is 30.5 Å². The fourth-order valence-corrected chi connectivity index (χ4v) is 6.02. The number of carbonyl (C=O) groups excluding carboxylic acids is 1. The van der Waals surface area contributed by atoms with Crippen LogP contribution in [-0.4, -0.2) is 83.3 Å². The number of sulfone groups is 1. The van der Waals surface area contributed by atoms with E-state index in [2.05, 4.69) is 16.7 Å². The Bertz CT molecular complexity index is 1430. The standard InChI is InChI=1S/C30H35Cl2N3O4S/c1-5-23(20-33(2)3)39-29-27(31)17-22(18-28(29)32)34-13-15-35(16-14-34)30(36)26-19-24(40(4,37)38)11-12-25(26)21-9-7-6-8-10-21/h6-12,17-19,23H,5,13-16,20H2,1-4H3. The van der Waals surface area contributed by atoms with E-state index >= 15 is 0 Å². The maximum absolute atomic E-state index is 13.7. The van der Waals surface area contributed by atoms with Gasteiger partial charge in [-0.15, -0.1) is 0 Å². The monoisotopic (exact) mass is 603 g/mol. The summed E-state index contributed by atoms with van der Waals surface area (Å²) in [5.41, 5.74) is 2.79. The molecule has 4 rings (SSSR count). The number of likely N-dealkylation sites (N-methyl/N-ethyl adjacent to an activating group) is 1. The molecule has 1 unspecified atom stereocenters. The number of carbonyl (C=O) groups is 1. The number of benzene rings is 3. The van der Waals surface area contributed by atoms with Gasteiger partial charge in [-0.05, 0) is 55.9 Å². The van der Waals surface area contributed by atoms with Crippen LogP contribution in [0.2, 0.25) is 10.0 Å². The lowest BCUT2D eigenvalue weighted by molar-refractivity contribution is 0.0747. The second kappa shape index (κ2) is 12.8. The van der Waals surface area contributed by atoms with Crippen molar-refractivity contribution in [1.82, 2.24) is 9.80 Å². The summed E-state index contributed by atoms with van der Waals surface area (Å²) >= 11 is 13.2. The molecule has 7 nitrogen and oxygen atoms in total. The summed E-state index contributed by atoms with van der Waals surface area (Å²) in [6.45, 7) is 4.88. The number of rotatable bonds is 9. The molecule has 0 aromatic heterocycles. The highest BCUT2D eigenvalue weighted by Gasteiger charge is 2.27. The molecule has 10 heteroatoms. The van der Waals surface area contributed by atoms with Gasteiger partial charge in [0.25, 0.3) is 5.91 Å². The van der Waals surface area contributed by atoms with Crippen LogP contribution in [0.15, 0.2) is 65.6 Å². The van der Waals surface area contributed by atoms with Crippen LogP contribution in [0.1, 0.15) is 23.7 Å². The van der Waals surface area contributed by atoms with Crippen molar-refractivity contribution in [1.29, 1.82) is 0 Å². The first-order chi connectivity index (χ1) is 19.0. The van der Waals surface area contributed by atoms with Crippen molar-refractivity contribution < 1.29 is 17.9 Å². The van der Waals surface area contributed by atoms with Gasteiger partial charge < -0.3 is 19.4 Å². The highest BCUT2D eigenvalue weighted by Crippen LogP contribution is 2.38. The Hall–Kier alpha value is -2.78. The molecule has 3 aromatic rings. The first-order valence-electron chi connectivity index (χ1n) is 13.2. The van der Waals surface area contributed by atoms with Crippen molar-refractivity contribution in [2.45, 2.75) is 24.3 Å². The van der Waals surface area contributed by atoms with Crippen molar-refractivity contribution in [2.75, 3.05) is 58.0 Å². The average Bonchev–Trinajstić information content (AvgIpc) is 2.93. The quantitative estimate of drug-likeness (QED) is 0.310. The summed E-state index contributed by atoms with van der Waals surface area (Å²) in [7, 11) is 0.510. The van der Waals surface area contributed by atoms with Crippen molar-refractivity contribution in [2.24, 2.45) is 0 Å². The average molecular weight is 605 g/mol. The van der Waals surface area contributed by atoms with Crippen LogP contribution >= 0.6 is 23.2 Å². The van der Waals surface area contributed by atoms with Gasteiger partial charge in [0.2, 0.25) is 0 Å².